The fraction of sp³-hybridized carbons (Fsp3) is 0.294. The molecule has 0 aliphatic carbocycles. The van der Waals surface area contributed by atoms with Gasteiger partial charge in [0.25, 0.3) is 0 Å². The second-order valence-electron chi connectivity index (χ2n) is 5.59. The minimum absolute atomic E-state index is 0.165. The van der Waals surface area contributed by atoms with Crippen LogP contribution in [0.5, 0.6) is 5.75 Å². The number of halogens is 3. The fourth-order valence-corrected chi connectivity index (χ4v) is 3.09. The highest BCUT2D eigenvalue weighted by molar-refractivity contribution is 6.46. The molecule has 7 heteroatoms. The van der Waals surface area contributed by atoms with E-state index in [2.05, 4.69) is 5.32 Å². The van der Waals surface area contributed by atoms with Crippen molar-refractivity contribution in [2.75, 3.05) is 12.3 Å². The second kappa shape index (κ2) is 8.28. The van der Waals surface area contributed by atoms with E-state index >= 15 is 0 Å². The number of nitrogens with one attached hydrogen (secondary N) is 1. The summed E-state index contributed by atoms with van der Waals surface area (Å²) in [5.41, 5.74) is 7.52. The molecule has 130 valence electrons. The van der Waals surface area contributed by atoms with Crippen LogP contribution in [0.1, 0.15) is 24.2 Å². The Morgan fingerprint density at radius 3 is 2.38 bits per heavy atom. The second-order valence-corrected chi connectivity index (χ2v) is 6.75. The van der Waals surface area contributed by atoms with E-state index in [0.717, 1.165) is 11.1 Å². The van der Waals surface area contributed by atoms with Gasteiger partial charge in [0.15, 0.2) is 0 Å². The molecule has 0 bridgehead atoms. The van der Waals surface area contributed by atoms with Crippen molar-refractivity contribution >= 4 is 40.5 Å². The van der Waals surface area contributed by atoms with Crippen LogP contribution in [0, 0.1) is 0 Å². The zero-order chi connectivity index (χ0) is 17.9. The summed E-state index contributed by atoms with van der Waals surface area (Å²) in [5.74, 6) is 0.165. The smallest absolute Gasteiger partial charge is 0.115 e. The normalized spacial score (nSPS) is 13.7. The van der Waals surface area contributed by atoms with Crippen molar-refractivity contribution in [2.45, 2.75) is 25.5 Å². The van der Waals surface area contributed by atoms with E-state index in [1.807, 2.05) is 6.92 Å². The largest absolute Gasteiger partial charge is 0.508 e. The first-order valence-electron chi connectivity index (χ1n) is 7.43. The Hall–Kier alpha value is -1.17. The van der Waals surface area contributed by atoms with Crippen LogP contribution in [0.3, 0.4) is 0 Å². The first-order chi connectivity index (χ1) is 11.3. The van der Waals surface area contributed by atoms with Crippen LogP contribution in [0.2, 0.25) is 15.1 Å². The van der Waals surface area contributed by atoms with Gasteiger partial charge in [0.2, 0.25) is 0 Å². The summed E-state index contributed by atoms with van der Waals surface area (Å²) in [6.45, 7) is 2.45. The molecule has 0 amide bonds. The van der Waals surface area contributed by atoms with E-state index < -0.39 is 6.10 Å². The highest BCUT2D eigenvalue weighted by Crippen LogP contribution is 2.36. The summed E-state index contributed by atoms with van der Waals surface area (Å²) in [6, 6.07) is 7.98. The number of aromatic hydroxyl groups is 1. The van der Waals surface area contributed by atoms with Gasteiger partial charge in [-0.05, 0) is 49.2 Å². The number of phenols is 1. The average molecular weight is 390 g/mol. The Kier molecular flexibility index (Phi) is 6.61. The Morgan fingerprint density at radius 1 is 1.12 bits per heavy atom. The molecule has 0 saturated heterocycles. The molecule has 2 aromatic carbocycles. The highest BCUT2D eigenvalue weighted by Gasteiger charge is 2.17. The number of rotatable bonds is 6. The lowest BCUT2D eigenvalue weighted by molar-refractivity contribution is 0.136. The van der Waals surface area contributed by atoms with Crippen molar-refractivity contribution in [3.8, 4) is 5.75 Å². The standard InChI is InChI=1S/C17H19Cl3N2O2/c1-9(17(24)10-2-4-12(23)5-3-10)22-7-6-11-8-13(18)16(21)15(20)14(11)19/h2-5,8-9,17,22-24H,6-7,21H2,1H3/t9-,17-/m0/s1. The molecule has 0 unspecified atom stereocenters. The Bertz CT molecular complexity index is 708. The quantitative estimate of drug-likeness (QED) is 0.441. The third-order valence-corrected chi connectivity index (χ3v) is 5.07. The fourth-order valence-electron chi connectivity index (χ4n) is 2.35. The van der Waals surface area contributed by atoms with Gasteiger partial charge in [-0.2, -0.15) is 0 Å². The van der Waals surface area contributed by atoms with E-state index in [-0.39, 0.29) is 22.5 Å². The molecule has 0 fully saturated rings. The Balaban J connectivity index is 1.95. The molecule has 2 rings (SSSR count). The summed E-state index contributed by atoms with van der Waals surface area (Å²) in [5, 5.41) is 23.9. The van der Waals surface area contributed by atoms with Gasteiger partial charge in [-0.3, -0.25) is 0 Å². The van der Waals surface area contributed by atoms with Gasteiger partial charge in [-0.1, -0.05) is 46.9 Å². The van der Waals surface area contributed by atoms with Crippen LogP contribution in [0.25, 0.3) is 0 Å². The Labute approximate surface area is 156 Å². The summed E-state index contributed by atoms with van der Waals surface area (Å²) < 4.78 is 0. The molecule has 2 atom stereocenters. The van der Waals surface area contributed by atoms with Gasteiger partial charge in [0.05, 0.1) is 26.9 Å². The average Bonchev–Trinajstić information content (AvgIpc) is 2.57. The number of benzene rings is 2. The van der Waals surface area contributed by atoms with Gasteiger partial charge < -0.3 is 21.3 Å². The van der Waals surface area contributed by atoms with E-state index in [4.69, 9.17) is 40.5 Å². The lowest BCUT2D eigenvalue weighted by Crippen LogP contribution is -2.33. The number of nitrogen functional groups attached to an aromatic ring is 1. The molecule has 0 aromatic heterocycles. The summed E-state index contributed by atoms with van der Waals surface area (Å²) >= 11 is 18.3. The van der Waals surface area contributed by atoms with E-state index in [9.17, 15) is 10.2 Å². The highest BCUT2D eigenvalue weighted by atomic mass is 35.5. The number of nitrogens with two attached hydrogens (primary N) is 1. The van der Waals surface area contributed by atoms with Gasteiger partial charge in [0, 0.05) is 6.04 Å². The molecule has 0 radical (unpaired) electrons. The maximum absolute atomic E-state index is 10.3. The maximum atomic E-state index is 10.3. The minimum Gasteiger partial charge on any atom is -0.508 e. The zero-order valence-electron chi connectivity index (χ0n) is 13.1. The molecule has 5 N–H and O–H groups in total. The van der Waals surface area contributed by atoms with E-state index in [1.165, 1.54) is 0 Å². The van der Waals surface area contributed by atoms with Crippen LogP contribution < -0.4 is 11.1 Å². The van der Waals surface area contributed by atoms with Gasteiger partial charge in [-0.25, -0.2) is 0 Å². The lowest BCUT2D eigenvalue weighted by atomic mass is 10.0. The molecule has 4 nitrogen and oxygen atoms in total. The third-order valence-electron chi connectivity index (χ3n) is 3.84. The molecule has 2 aromatic rings. The number of phenolic OH excluding ortho intramolecular Hbond substituents is 1. The number of aliphatic hydroxyl groups excluding tert-OH is 1. The Morgan fingerprint density at radius 2 is 1.75 bits per heavy atom. The van der Waals surface area contributed by atoms with Gasteiger partial charge >= 0.3 is 0 Å². The number of hydrogen-bond donors (Lipinski definition) is 4. The van der Waals surface area contributed by atoms with Crippen LogP contribution in [-0.2, 0) is 6.42 Å². The van der Waals surface area contributed by atoms with Crippen LogP contribution >= 0.6 is 34.8 Å². The summed E-state index contributed by atoms with van der Waals surface area (Å²) in [4.78, 5) is 0. The predicted molar refractivity (Wildman–Crippen MR) is 100 cm³/mol. The van der Waals surface area contributed by atoms with Crippen molar-refractivity contribution in [3.63, 3.8) is 0 Å². The van der Waals surface area contributed by atoms with Crippen LogP contribution in [0.15, 0.2) is 30.3 Å². The molecule has 0 spiro atoms. The molecule has 0 aliphatic heterocycles. The third kappa shape index (κ3) is 4.47. The molecular weight excluding hydrogens is 371 g/mol. The van der Waals surface area contributed by atoms with Crippen molar-refractivity contribution in [3.05, 3.63) is 56.5 Å². The lowest BCUT2D eigenvalue weighted by Gasteiger charge is -2.21. The number of hydrogen-bond acceptors (Lipinski definition) is 4. The molecule has 24 heavy (non-hydrogen) atoms. The predicted octanol–water partition coefficient (Wildman–Crippen LogP) is 4.19. The van der Waals surface area contributed by atoms with Crippen LogP contribution in [-0.4, -0.2) is 22.8 Å². The molecule has 0 saturated carbocycles. The number of aliphatic hydroxyl groups is 1. The summed E-state index contributed by atoms with van der Waals surface area (Å²) in [7, 11) is 0. The molecular formula is C17H19Cl3N2O2. The maximum Gasteiger partial charge on any atom is 0.115 e. The summed E-state index contributed by atoms with van der Waals surface area (Å²) in [6.07, 6.45) is -0.106. The van der Waals surface area contributed by atoms with E-state index in [1.54, 1.807) is 30.3 Å². The van der Waals surface area contributed by atoms with Crippen molar-refractivity contribution in [2.24, 2.45) is 0 Å². The van der Waals surface area contributed by atoms with Crippen LogP contribution in [0.4, 0.5) is 5.69 Å². The monoisotopic (exact) mass is 388 g/mol. The van der Waals surface area contributed by atoms with Gasteiger partial charge in [-0.15, -0.1) is 0 Å². The topological polar surface area (TPSA) is 78.5 Å². The first-order valence-corrected chi connectivity index (χ1v) is 8.57. The van der Waals surface area contributed by atoms with E-state index in [0.29, 0.717) is 23.0 Å². The molecule has 0 heterocycles. The number of anilines is 1. The zero-order valence-corrected chi connectivity index (χ0v) is 15.3. The minimum atomic E-state index is -0.695. The van der Waals surface area contributed by atoms with Crippen molar-refractivity contribution < 1.29 is 10.2 Å². The van der Waals surface area contributed by atoms with Crippen molar-refractivity contribution in [1.82, 2.24) is 5.32 Å². The van der Waals surface area contributed by atoms with Crippen molar-refractivity contribution in [1.29, 1.82) is 0 Å². The SMILES string of the molecule is C[C@H](NCCc1cc(Cl)c(N)c(Cl)c1Cl)[C@H](O)c1ccc(O)cc1. The van der Waals surface area contributed by atoms with Gasteiger partial charge in [0.1, 0.15) is 5.75 Å². The first kappa shape index (κ1) is 19.2. The molecule has 0 aliphatic rings.